The zero-order valence-corrected chi connectivity index (χ0v) is 17.5. The number of aromatic nitrogens is 1. The molecule has 0 radical (unpaired) electrons. The molecule has 2 aromatic rings. The van der Waals surface area contributed by atoms with E-state index in [1.165, 1.54) is 18.4 Å². The van der Waals surface area contributed by atoms with Gasteiger partial charge in [-0.3, -0.25) is 4.72 Å². The van der Waals surface area contributed by atoms with Gasteiger partial charge in [0.15, 0.2) is 5.69 Å². The molecule has 1 aromatic carbocycles. The van der Waals surface area contributed by atoms with Crippen molar-refractivity contribution in [1.29, 1.82) is 0 Å². The fraction of sp³-hybridized carbons (Fsp3) is 0.286. The number of carbonyl (C=O) groups excluding carboxylic acids is 1. The number of benzene rings is 1. The van der Waals surface area contributed by atoms with Crippen LogP contribution in [0, 0.1) is 6.92 Å². The summed E-state index contributed by atoms with van der Waals surface area (Å²) in [7, 11) is -0.754. The predicted molar refractivity (Wildman–Crippen MR) is 103 cm³/mol. The fourth-order valence-corrected chi connectivity index (χ4v) is 3.25. The van der Waals surface area contributed by atoms with E-state index in [1.54, 1.807) is 31.2 Å². The van der Waals surface area contributed by atoms with E-state index < -0.39 is 25.0 Å². The first-order chi connectivity index (χ1) is 11.8. The first-order valence-corrected chi connectivity index (χ1v) is 12.3. The normalized spacial score (nSPS) is 11.3. The van der Waals surface area contributed by atoms with E-state index in [0.29, 0.717) is 16.1 Å². The van der Waals surface area contributed by atoms with Gasteiger partial charge >= 0.3 is 5.97 Å². The van der Waals surface area contributed by atoms with Gasteiger partial charge in [-0.25, -0.2) is 26.6 Å². The minimum Gasteiger partial charge on any atom is -0.464 e. The van der Waals surface area contributed by atoms with Crippen LogP contribution in [0.5, 0.6) is 0 Å². The second kappa shape index (κ2) is 8.80. The van der Waals surface area contributed by atoms with Gasteiger partial charge in [0, 0.05) is 16.4 Å². The molecular weight excluding hydrogens is 424 g/mol. The number of rotatable bonds is 4. The molecule has 26 heavy (non-hydrogen) atoms. The number of thiazole rings is 1. The molecule has 0 amide bonds. The topological polar surface area (TPSA) is 119 Å². The predicted octanol–water partition coefficient (Wildman–Crippen LogP) is 2.46. The molecule has 0 atom stereocenters. The van der Waals surface area contributed by atoms with Crippen molar-refractivity contribution in [2.75, 3.05) is 24.3 Å². The summed E-state index contributed by atoms with van der Waals surface area (Å²) in [5, 5.41) is 0.729. The van der Waals surface area contributed by atoms with E-state index in [-0.39, 0.29) is 5.69 Å². The number of carbonyl (C=O) groups is 1. The minimum absolute atomic E-state index is 0.233. The third-order valence-corrected chi connectivity index (χ3v) is 4.17. The molecule has 0 saturated carbocycles. The summed E-state index contributed by atoms with van der Waals surface area (Å²) in [6, 6.07) is 6.78. The lowest BCUT2D eigenvalue weighted by Crippen LogP contribution is -2.09. The van der Waals surface area contributed by atoms with E-state index in [0.717, 1.165) is 17.5 Å². The average molecular weight is 441 g/mol. The number of hydrogen-bond donors (Lipinski definition) is 1. The highest BCUT2D eigenvalue weighted by molar-refractivity contribution is 8.13. The molecule has 0 aliphatic carbocycles. The van der Waals surface area contributed by atoms with E-state index in [4.69, 9.17) is 4.74 Å². The molecule has 0 unspecified atom stereocenters. The van der Waals surface area contributed by atoms with Crippen LogP contribution in [-0.4, -0.2) is 47.4 Å². The van der Waals surface area contributed by atoms with Crippen molar-refractivity contribution in [2.45, 2.75) is 6.92 Å². The third-order valence-electron chi connectivity index (χ3n) is 2.54. The van der Waals surface area contributed by atoms with E-state index in [9.17, 15) is 21.6 Å². The maximum atomic E-state index is 11.7. The molecule has 0 saturated heterocycles. The lowest BCUT2D eigenvalue weighted by Gasteiger charge is -2.06. The Kier molecular flexibility index (Phi) is 7.57. The van der Waals surface area contributed by atoms with Gasteiger partial charge in [0.25, 0.3) is 0 Å². The number of anilines is 1. The van der Waals surface area contributed by atoms with Gasteiger partial charge in [-0.1, -0.05) is 12.1 Å². The van der Waals surface area contributed by atoms with Crippen molar-refractivity contribution >= 4 is 52.7 Å². The quantitative estimate of drug-likeness (QED) is 0.572. The number of sulfonamides is 1. The Balaban J connectivity index is 0.000000597. The number of nitrogens with one attached hydrogen (secondary N) is 1. The number of halogens is 1. The summed E-state index contributed by atoms with van der Waals surface area (Å²) in [5.41, 5.74) is 1.36. The van der Waals surface area contributed by atoms with E-state index >= 15 is 0 Å². The maximum Gasteiger partial charge on any atom is 0.358 e. The zero-order valence-electron chi connectivity index (χ0n) is 14.3. The lowest BCUT2D eigenvalue weighted by atomic mass is 10.1. The van der Waals surface area contributed by atoms with Crippen LogP contribution in [0.2, 0.25) is 0 Å². The molecule has 2 rings (SSSR count). The van der Waals surface area contributed by atoms with Crippen molar-refractivity contribution in [3.8, 4) is 10.4 Å². The molecule has 0 aliphatic rings. The van der Waals surface area contributed by atoms with Crippen molar-refractivity contribution in [2.24, 2.45) is 0 Å². The summed E-state index contributed by atoms with van der Waals surface area (Å²) in [5.74, 6) is -0.518. The number of hydrogen-bond acceptors (Lipinski definition) is 8. The summed E-state index contributed by atoms with van der Waals surface area (Å²) < 4.78 is 48.5. The van der Waals surface area contributed by atoms with E-state index in [1.807, 2.05) is 0 Å². The minimum atomic E-state index is -3.36. The Morgan fingerprint density at radius 1 is 1.23 bits per heavy atom. The van der Waals surface area contributed by atoms with Crippen molar-refractivity contribution in [1.82, 2.24) is 4.98 Å². The second-order valence-corrected chi connectivity index (χ2v) is 11.0. The van der Waals surface area contributed by atoms with Gasteiger partial charge in [0.1, 0.15) is 0 Å². The highest BCUT2D eigenvalue weighted by Gasteiger charge is 2.19. The first-order valence-electron chi connectivity index (χ1n) is 6.83. The van der Waals surface area contributed by atoms with Crippen LogP contribution in [0.3, 0.4) is 0 Å². The zero-order chi connectivity index (χ0) is 20.1. The molecule has 0 aliphatic heterocycles. The van der Waals surface area contributed by atoms with Gasteiger partial charge in [-0.2, -0.15) is 0 Å². The van der Waals surface area contributed by atoms with Crippen LogP contribution in [0.4, 0.5) is 5.69 Å². The van der Waals surface area contributed by atoms with Gasteiger partial charge < -0.3 is 4.74 Å². The van der Waals surface area contributed by atoms with Crippen LogP contribution in [0.25, 0.3) is 10.4 Å². The van der Waals surface area contributed by atoms with E-state index in [2.05, 4.69) is 20.4 Å². The smallest absolute Gasteiger partial charge is 0.358 e. The Labute approximate surface area is 160 Å². The maximum absolute atomic E-state index is 11.7. The third kappa shape index (κ3) is 8.13. The molecular formula is C14H17ClN2O6S3. The van der Waals surface area contributed by atoms with Crippen LogP contribution in [0.15, 0.2) is 24.3 Å². The summed E-state index contributed by atoms with van der Waals surface area (Å²) >= 11 is 1.35. The highest BCUT2D eigenvalue weighted by atomic mass is 35.7. The largest absolute Gasteiger partial charge is 0.464 e. The number of methoxy groups -OCH3 is 1. The van der Waals surface area contributed by atoms with Crippen LogP contribution >= 0.6 is 22.0 Å². The molecule has 0 bridgehead atoms. The lowest BCUT2D eigenvalue weighted by molar-refractivity contribution is 0.0595. The number of esters is 1. The van der Waals surface area contributed by atoms with Crippen molar-refractivity contribution in [3.63, 3.8) is 0 Å². The molecule has 1 N–H and O–H groups in total. The average Bonchev–Trinajstić information content (AvgIpc) is 2.85. The molecule has 144 valence electrons. The van der Waals surface area contributed by atoms with Gasteiger partial charge in [-0.05, 0) is 24.6 Å². The molecule has 0 spiro atoms. The second-order valence-electron chi connectivity index (χ2n) is 5.04. The first kappa shape index (κ1) is 22.4. The molecule has 1 aromatic heterocycles. The van der Waals surface area contributed by atoms with Crippen LogP contribution in [0.1, 0.15) is 15.5 Å². The number of nitrogens with zero attached hydrogens (tertiary/aromatic N) is 1. The fourth-order valence-electron chi connectivity index (χ4n) is 1.80. The molecule has 12 heteroatoms. The van der Waals surface area contributed by atoms with Crippen LogP contribution in [-0.2, 0) is 23.8 Å². The summed E-state index contributed by atoms with van der Waals surface area (Å²) in [4.78, 5) is 16.6. The van der Waals surface area contributed by atoms with Crippen LogP contribution < -0.4 is 4.72 Å². The Bertz CT molecular complexity index is 991. The highest BCUT2D eigenvalue weighted by Crippen LogP contribution is 2.32. The Morgan fingerprint density at radius 2 is 1.81 bits per heavy atom. The Morgan fingerprint density at radius 3 is 2.31 bits per heavy atom. The van der Waals surface area contributed by atoms with Gasteiger partial charge in [-0.15, -0.1) is 11.3 Å². The van der Waals surface area contributed by atoms with Gasteiger partial charge in [0.05, 0.1) is 29.5 Å². The van der Waals surface area contributed by atoms with Crippen molar-refractivity contribution in [3.05, 3.63) is 35.0 Å². The molecule has 1 heterocycles. The number of ether oxygens (including phenoxy) is 1. The summed E-state index contributed by atoms with van der Waals surface area (Å²) in [6.45, 7) is 1.79. The van der Waals surface area contributed by atoms with Crippen molar-refractivity contribution < 1.29 is 26.4 Å². The monoisotopic (exact) mass is 440 g/mol. The number of aryl methyl sites for hydroxylation is 1. The Hall–Kier alpha value is -1.69. The van der Waals surface area contributed by atoms with Gasteiger partial charge in [0.2, 0.25) is 19.1 Å². The molecule has 8 nitrogen and oxygen atoms in total. The standard InChI is InChI=1S/C13H14N2O4S2.CH3ClO2S/c1-8-14-11(13(16)19-2)12(20-8)9-5-4-6-10(7-9)15-21(3,17)18;1-5(2,3)4/h4-7,15H,1-3H3;1H3. The SMILES string of the molecule is COC(=O)c1nc(C)sc1-c1cccc(NS(C)(=O)=O)c1.CS(=O)(=O)Cl. The molecule has 0 fully saturated rings. The summed E-state index contributed by atoms with van der Waals surface area (Å²) in [6.07, 6.45) is 2.00.